The molecule has 0 radical (unpaired) electrons. The quantitative estimate of drug-likeness (QED) is 0.739. The summed E-state index contributed by atoms with van der Waals surface area (Å²) in [7, 11) is -3.60. The molecular weight excluding hydrogens is 232 g/mol. The van der Waals surface area contributed by atoms with Crippen LogP contribution < -0.4 is 0 Å². The topological polar surface area (TPSA) is 98.5 Å². The third kappa shape index (κ3) is 1.58. The molecule has 88 valence electrons. The SMILES string of the molecule is N#CCS(=O)(=O)N1C2CCC1C(C(=O)O)C2. The molecule has 0 aliphatic carbocycles. The Bertz CT molecular complexity index is 453. The van der Waals surface area contributed by atoms with Gasteiger partial charge in [-0.2, -0.15) is 9.57 Å². The van der Waals surface area contributed by atoms with E-state index in [0.29, 0.717) is 19.3 Å². The highest BCUT2D eigenvalue weighted by molar-refractivity contribution is 7.89. The van der Waals surface area contributed by atoms with Gasteiger partial charge in [-0.3, -0.25) is 4.79 Å². The van der Waals surface area contributed by atoms with Crippen molar-refractivity contribution in [2.45, 2.75) is 31.3 Å². The third-order valence-electron chi connectivity index (χ3n) is 3.36. The van der Waals surface area contributed by atoms with Crippen LogP contribution in [0.15, 0.2) is 0 Å². The van der Waals surface area contributed by atoms with Gasteiger partial charge in [-0.15, -0.1) is 0 Å². The number of hydrogen-bond donors (Lipinski definition) is 1. The van der Waals surface area contributed by atoms with E-state index < -0.39 is 33.7 Å². The number of sulfonamides is 1. The zero-order valence-corrected chi connectivity index (χ0v) is 9.35. The van der Waals surface area contributed by atoms with Gasteiger partial charge < -0.3 is 5.11 Å². The second-order valence-electron chi connectivity index (χ2n) is 4.22. The summed E-state index contributed by atoms with van der Waals surface area (Å²) in [5.74, 6) is -2.11. The Morgan fingerprint density at radius 1 is 1.50 bits per heavy atom. The van der Waals surface area contributed by atoms with Gasteiger partial charge in [-0.25, -0.2) is 8.42 Å². The maximum Gasteiger partial charge on any atom is 0.308 e. The number of aliphatic carboxylic acids is 1. The Kier molecular flexibility index (Phi) is 2.64. The fourth-order valence-electron chi connectivity index (χ4n) is 2.79. The van der Waals surface area contributed by atoms with E-state index in [9.17, 15) is 13.2 Å². The first-order valence-corrected chi connectivity index (χ1v) is 6.69. The second-order valence-corrected chi connectivity index (χ2v) is 6.10. The standard InChI is InChI=1S/C9H12N2O4S/c10-3-4-16(14,15)11-6-1-2-8(11)7(5-6)9(12)13/h6-8H,1-2,4-5H2,(H,12,13). The Balaban J connectivity index is 2.27. The van der Waals surface area contributed by atoms with Crippen LogP contribution in [0.5, 0.6) is 0 Å². The van der Waals surface area contributed by atoms with E-state index in [4.69, 9.17) is 10.4 Å². The van der Waals surface area contributed by atoms with E-state index >= 15 is 0 Å². The molecule has 2 heterocycles. The van der Waals surface area contributed by atoms with Crippen molar-refractivity contribution in [3.8, 4) is 6.07 Å². The molecule has 2 aliphatic heterocycles. The van der Waals surface area contributed by atoms with Crippen LogP contribution in [0.25, 0.3) is 0 Å². The summed E-state index contributed by atoms with van der Waals surface area (Å²) in [5.41, 5.74) is 0. The molecule has 2 bridgehead atoms. The zero-order valence-electron chi connectivity index (χ0n) is 8.54. The molecule has 16 heavy (non-hydrogen) atoms. The lowest BCUT2D eigenvalue weighted by Crippen LogP contribution is -2.38. The highest BCUT2D eigenvalue weighted by atomic mass is 32.2. The van der Waals surface area contributed by atoms with E-state index in [1.54, 1.807) is 6.07 Å². The molecule has 2 saturated heterocycles. The van der Waals surface area contributed by atoms with E-state index in [-0.39, 0.29) is 6.04 Å². The molecule has 2 aliphatic rings. The molecule has 2 rings (SSSR count). The molecule has 0 aromatic carbocycles. The summed E-state index contributed by atoms with van der Waals surface area (Å²) in [6.07, 6.45) is 1.68. The Labute approximate surface area is 93.5 Å². The van der Waals surface area contributed by atoms with Gasteiger partial charge in [0.05, 0.1) is 12.0 Å². The van der Waals surface area contributed by atoms with Gasteiger partial charge in [0.15, 0.2) is 5.75 Å². The van der Waals surface area contributed by atoms with Crippen molar-refractivity contribution in [2.24, 2.45) is 5.92 Å². The predicted octanol–water partition coefficient (Wildman–Crippen LogP) is -0.223. The largest absolute Gasteiger partial charge is 0.481 e. The molecule has 1 N–H and O–H groups in total. The zero-order chi connectivity index (χ0) is 11.9. The first-order valence-electron chi connectivity index (χ1n) is 5.08. The maximum absolute atomic E-state index is 11.8. The van der Waals surface area contributed by atoms with Crippen LogP contribution in [-0.2, 0) is 14.8 Å². The van der Waals surface area contributed by atoms with Gasteiger partial charge in [0.25, 0.3) is 0 Å². The number of fused-ring (bicyclic) bond motifs is 2. The average Bonchev–Trinajstić information content (AvgIpc) is 2.74. The number of rotatable bonds is 3. The van der Waals surface area contributed by atoms with Gasteiger partial charge >= 0.3 is 5.97 Å². The first kappa shape index (κ1) is 11.4. The fraction of sp³-hybridized carbons (Fsp3) is 0.778. The molecule has 7 heteroatoms. The van der Waals surface area contributed by atoms with Crippen molar-refractivity contribution in [1.82, 2.24) is 4.31 Å². The molecule has 3 unspecified atom stereocenters. The van der Waals surface area contributed by atoms with Crippen LogP contribution in [0.1, 0.15) is 19.3 Å². The van der Waals surface area contributed by atoms with Crippen molar-refractivity contribution < 1.29 is 18.3 Å². The number of carbonyl (C=O) groups is 1. The van der Waals surface area contributed by atoms with Crippen LogP contribution in [0.4, 0.5) is 0 Å². The molecule has 0 spiro atoms. The van der Waals surface area contributed by atoms with E-state index in [2.05, 4.69) is 0 Å². The summed E-state index contributed by atoms with van der Waals surface area (Å²) in [6, 6.07) is 0.959. The Morgan fingerprint density at radius 2 is 2.19 bits per heavy atom. The fourth-order valence-corrected chi connectivity index (χ4v) is 4.42. The molecule has 0 saturated carbocycles. The van der Waals surface area contributed by atoms with Gasteiger partial charge in [0, 0.05) is 12.1 Å². The van der Waals surface area contributed by atoms with E-state index in [1.165, 1.54) is 4.31 Å². The average molecular weight is 244 g/mol. The van der Waals surface area contributed by atoms with Crippen LogP contribution in [0, 0.1) is 17.2 Å². The minimum Gasteiger partial charge on any atom is -0.481 e. The summed E-state index contributed by atoms with van der Waals surface area (Å²) in [5, 5.41) is 17.4. The van der Waals surface area contributed by atoms with Gasteiger partial charge in [-0.1, -0.05) is 0 Å². The number of carboxylic acid groups (broad SMARTS) is 1. The number of carboxylic acids is 1. The molecule has 0 aromatic heterocycles. The molecule has 3 atom stereocenters. The van der Waals surface area contributed by atoms with Crippen LogP contribution >= 0.6 is 0 Å². The highest BCUT2D eigenvalue weighted by Crippen LogP contribution is 2.43. The maximum atomic E-state index is 11.8. The van der Waals surface area contributed by atoms with Crippen molar-refractivity contribution in [3.63, 3.8) is 0 Å². The third-order valence-corrected chi connectivity index (χ3v) is 5.06. The summed E-state index contributed by atoms with van der Waals surface area (Å²) < 4.78 is 24.8. The monoisotopic (exact) mass is 244 g/mol. The Hall–Kier alpha value is -1.13. The Morgan fingerprint density at radius 3 is 2.69 bits per heavy atom. The van der Waals surface area contributed by atoms with Gasteiger partial charge in [-0.05, 0) is 19.3 Å². The normalized spacial score (nSPS) is 33.8. The van der Waals surface area contributed by atoms with Crippen LogP contribution in [0.3, 0.4) is 0 Å². The summed E-state index contributed by atoms with van der Waals surface area (Å²) in [6.45, 7) is 0. The summed E-state index contributed by atoms with van der Waals surface area (Å²) >= 11 is 0. The summed E-state index contributed by atoms with van der Waals surface area (Å²) in [4.78, 5) is 10.9. The number of nitrogens with zero attached hydrogens (tertiary/aromatic N) is 2. The van der Waals surface area contributed by atoms with Crippen LogP contribution in [0.2, 0.25) is 0 Å². The molecule has 6 nitrogen and oxygen atoms in total. The van der Waals surface area contributed by atoms with E-state index in [0.717, 1.165) is 0 Å². The van der Waals surface area contributed by atoms with Gasteiger partial charge in [0.1, 0.15) is 0 Å². The number of nitriles is 1. The van der Waals surface area contributed by atoms with E-state index in [1.807, 2.05) is 0 Å². The second kappa shape index (κ2) is 3.71. The van der Waals surface area contributed by atoms with Crippen molar-refractivity contribution in [1.29, 1.82) is 5.26 Å². The van der Waals surface area contributed by atoms with Crippen molar-refractivity contribution in [2.75, 3.05) is 5.75 Å². The van der Waals surface area contributed by atoms with Gasteiger partial charge in [0.2, 0.25) is 10.0 Å². The lowest BCUT2D eigenvalue weighted by Gasteiger charge is -2.20. The lowest BCUT2D eigenvalue weighted by molar-refractivity contribution is -0.142. The van der Waals surface area contributed by atoms with Crippen molar-refractivity contribution >= 4 is 16.0 Å². The molecule has 0 amide bonds. The minimum atomic E-state index is -3.60. The lowest BCUT2D eigenvalue weighted by atomic mass is 9.89. The first-order chi connectivity index (χ1) is 7.47. The number of hydrogen-bond acceptors (Lipinski definition) is 4. The molecular formula is C9H12N2O4S. The predicted molar refractivity (Wildman–Crippen MR) is 53.8 cm³/mol. The van der Waals surface area contributed by atoms with Crippen molar-refractivity contribution in [3.05, 3.63) is 0 Å². The minimum absolute atomic E-state index is 0.218. The highest BCUT2D eigenvalue weighted by Gasteiger charge is 2.53. The molecule has 0 aromatic rings. The van der Waals surface area contributed by atoms with Crippen LogP contribution in [-0.4, -0.2) is 41.6 Å². The molecule has 2 fully saturated rings. The smallest absolute Gasteiger partial charge is 0.308 e.